The number of amides is 3. The predicted molar refractivity (Wildman–Crippen MR) is 142 cm³/mol. The zero-order chi connectivity index (χ0) is 26.1. The third-order valence-corrected chi connectivity index (χ3v) is 7.63. The molecule has 1 aromatic heterocycles. The molecule has 0 bridgehead atoms. The monoisotopic (exact) mass is 528 g/mol. The Morgan fingerprint density at radius 3 is 2.66 bits per heavy atom. The summed E-state index contributed by atoms with van der Waals surface area (Å²) in [6.07, 6.45) is 0. The van der Waals surface area contributed by atoms with Crippen molar-refractivity contribution < 1.29 is 19.1 Å². The highest BCUT2D eigenvalue weighted by molar-refractivity contribution is 7.15. The van der Waals surface area contributed by atoms with E-state index in [0.717, 1.165) is 5.56 Å². The molecule has 3 amide bonds. The number of benzene rings is 2. The molecule has 0 spiro atoms. The van der Waals surface area contributed by atoms with Crippen LogP contribution in [0.2, 0.25) is 0 Å². The summed E-state index contributed by atoms with van der Waals surface area (Å²) < 4.78 is 5.30. The molecule has 2 aromatic carbocycles. The van der Waals surface area contributed by atoms with Crippen molar-refractivity contribution >= 4 is 40.4 Å². The second-order valence-electron chi connectivity index (χ2n) is 8.98. The highest BCUT2D eigenvalue weighted by Crippen LogP contribution is 2.49. The van der Waals surface area contributed by atoms with Crippen molar-refractivity contribution in [1.82, 2.24) is 15.8 Å². The number of hydrazine groups is 1. The van der Waals surface area contributed by atoms with Crippen molar-refractivity contribution in [2.45, 2.75) is 12.6 Å². The second-order valence-corrected chi connectivity index (χ2v) is 10.1. The van der Waals surface area contributed by atoms with Gasteiger partial charge in [-0.05, 0) is 29.3 Å². The topological polar surface area (TPSA) is 124 Å². The van der Waals surface area contributed by atoms with Crippen molar-refractivity contribution in [2.75, 3.05) is 31.6 Å². The Kier molecular flexibility index (Phi) is 6.54. The van der Waals surface area contributed by atoms with Crippen LogP contribution in [-0.2, 0) is 11.3 Å². The number of rotatable bonds is 6. The maximum atomic E-state index is 13.6. The summed E-state index contributed by atoms with van der Waals surface area (Å²) in [4.78, 5) is 40.2. The van der Waals surface area contributed by atoms with Crippen molar-refractivity contribution in [3.63, 3.8) is 0 Å². The van der Waals surface area contributed by atoms with Gasteiger partial charge in [-0.25, -0.2) is 9.80 Å². The van der Waals surface area contributed by atoms with Crippen LogP contribution in [-0.4, -0.2) is 49.0 Å². The van der Waals surface area contributed by atoms with E-state index >= 15 is 0 Å². The number of Topliss-reactive ketones (excluding diaryl/α,β-unsaturated/α-hetero) is 1. The number of hydrogen-bond donors (Lipinski definition) is 3. The number of morpholine rings is 1. The van der Waals surface area contributed by atoms with Gasteiger partial charge in [-0.2, -0.15) is 10.2 Å². The Hall–Kier alpha value is -4.19. The molecule has 3 aliphatic rings. The number of azo groups is 1. The van der Waals surface area contributed by atoms with Crippen molar-refractivity contribution in [3.05, 3.63) is 92.7 Å². The van der Waals surface area contributed by atoms with Crippen LogP contribution in [0.4, 0.5) is 10.5 Å². The Morgan fingerprint density at radius 2 is 1.84 bits per heavy atom. The molecular formula is C27H24N6O4S. The Labute approximate surface area is 222 Å². The summed E-state index contributed by atoms with van der Waals surface area (Å²) in [6.45, 7) is 2.69. The van der Waals surface area contributed by atoms with Crippen LogP contribution < -0.4 is 16.1 Å². The first-order valence-corrected chi connectivity index (χ1v) is 13.1. The minimum Gasteiger partial charge on any atom is -0.379 e. The molecule has 1 aliphatic carbocycles. The van der Waals surface area contributed by atoms with E-state index in [1.807, 2.05) is 36.4 Å². The molecule has 1 unspecified atom stereocenters. The van der Waals surface area contributed by atoms with E-state index in [1.165, 1.54) is 11.3 Å². The third-order valence-electron chi connectivity index (χ3n) is 6.54. The van der Waals surface area contributed by atoms with E-state index in [1.54, 1.807) is 29.3 Å². The molecule has 2 aliphatic heterocycles. The fourth-order valence-electron chi connectivity index (χ4n) is 4.70. The molecule has 11 heteroatoms. The number of fused-ring (bicyclic) bond motifs is 3. The first kappa shape index (κ1) is 24.2. The van der Waals surface area contributed by atoms with Crippen LogP contribution in [0.5, 0.6) is 0 Å². The molecule has 0 saturated carbocycles. The number of nitrogens with zero attached hydrogens (tertiary/aromatic N) is 3. The smallest absolute Gasteiger partial charge is 0.333 e. The van der Waals surface area contributed by atoms with Crippen LogP contribution in [0.25, 0.3) is 5.70 Å². The van der Waals surface area contributed by atoms with Gasteiger partial charge in [-0.15, -0.1) is 11.3 Å². The van der Waals surface area contributed by atoms with E-state index in [9.17, 15) is 14.4 Å². The number of ether oxygens (including phenoxy) is 1. The predicted octanol–water partition coefficient (Wildman–Crippen LogP) is 4.16. The molecule has 1 saturated heterocycles. The highest BCUT2D eigenvalue weighted by atomic mass is 32.1. The fraction of sp³-hybridized carbons (Fsp3) is 0.222. The van der Waals surface area contributed by atoms with Crippen LogP contribution >= 0.6 is 11.3 Å². The van der Waals surface area contributed by atoms with Crippen LogP contribution in [0, 0.1) is 0 Å². The lowest BCUT2D eigenvalue weighted by molar-refractivity contribution is 0.0207. The summed E-state index contributed by atoms with van der Waals surface area (Å²) in [5.41, 5.74) is 6.26. The molecule has 1 atom stereocenters. The summed E-state index contributed by atoms with van der Waals surface area (Å²) in [5, 5.41) is 16.2. The second kappa shape index (κ2) is 10.3. The van der Waals surface area contributed by atoms with Gasteiger partial charge in [0.2, 0.25) is 0 Å². The minimum absolute atomic E-state index is 0.194. The van der Waals surface area contributed by atoms with Crippen molar-refractivity contribution in [1.29, 1.82) is 0 Å². The molecule has 3 heterocycles. The van der Waals surface area contributed by atoms with Gasteiger partial charge in [0.1, 0.15) is 11.7 Å². The highest BCUT2D eigenvalue weighted by Gasteiger charge is 2.42. The lowest BCUT2D eigenvalue weighted by atomic mass is 10.1. The SMILES string of the molecule is O=C(Nc1cccc2c1C(=O)C1=C(c3ccc(C(=O)NCc4ccccc4)s3)N=NC12)NN1CCOCC1. The normalized spacial score (nSPS) is 18.3. The molecule has 6 rings (SSSR count). The molecule has 1 fully saturated rings. The van der Waals surface area contributed by atoms with Crippen molar-refractivity contribution in [2.24, 2.45) is 10.2 Å². The Morgan fingerprint density at radius 1 is 1.03 bits per heavy atom. The van der Waals surface area contributed by atoms with Gasteiger partial charge in [-0.3, -0.25) is 15.0 Å². The van der Waals surface area contributed by atoms with Gasteiger partial charge < -0.3 is 15.4 Å². The number of ketones is 1. The van der Waals surface area contributed by atoms with E-state index in [-0.39, 0.29) is 11.7 Å². The average molecular weight is 529 g/mol. The minimum atomic E-state index is -0.533. The zero-order valence-electron chi connectivity index (χ0n) is 20.3. The first-order valence-electron chi connectivity index (χ1n) is 12.2. The number of carbonyl (C=O) groups excluding carboxylic acids is 3. The van der Waals surface area contributed by atoms with Gasteiger partial charge >= 0.3 is 6.03 Å². The number of nitrogens with one attached hydrogen (secondary N) is 3. The maximum Gasteiger partial charge on any atom is 0.333 e. The summed E-state index contributed by atoms with van der Waals surface area (Å²) >= 11 is 1.27. The lowest BCUT2D eigenvalue weighted by Gasteiger charge is -2.27. The number of anilines is 1. The van der Waals surface area contributed by atoms with Crippen LogP contribution in [0.1, 0.15) is 42.1 Å². The molecular weight excluding hydrogens is 504 g/mol. The summed E-state index contributed by atoms with van der Waals surface area (Å²) in [7, 11) is 0. The van der Waals surface area contributed by atoms with E-state index in [2.05, 4.69) is 26.3 Å². The van der Waals surface area contributed by atoms with Crippen molar-refractivity contribution in [3.8, 4) is 0 Å². The number of carbonyl (C=O) groups is 3. The standard InChI is InChI=1S/C27H24N6O4S/c34-25-21-17(7-4-8-18(21)29-27(36)32-33-11-13-37-14-12-33)23-22(25)24(31-30-23)19-9-10-20(38-19)26(35)28-15-16-5-2-1-3-6-16/h1-10,23H,11-15H2,(H,28,35)(H2,29,32,36). The average Bonchev–Trinajstić information content (AvgIpc) is 3.66. The van der Waals surface area contributed by atoms with Crippen LogP contribution in [0.3, 0.4) is 0 Å². The first-order chi connectivity index (χ1) is 18.6. The Bertz CT molecular complexity index is 1480. The quantitative estimate of drug-likeness (QED) is 0.443. The summed E-state index contributed by atoms with van der Waals surface area (Å²) in [5.74, 6) is -0.420. The zero-order valence-corrected chi connectivity index (χ0v) is 21.1. The number of thiophene rings is 1. The van der Waals surface area contributed by atoms with E-state index in [4.69, 9.17) is 4.74 Å². The molecule has 38 heavy (non-hydrogen) atoms. The summed E-state index contributed by atoms with van der Waals surface area (Å²) in [6, 6.07) is 17.5. The molecule has 0 radical (unpaired) electrons. The van der Waals surface area contributed by atoms with Gasteiger partial charge in [0.15, 0.2) is 5.78 Å². The van der Waals surface area contributed by atoms with Gasteiger partial charge in [0, 0.05) is 19.6 Å². The fourth-order valence-corrected chi connectivity index (χ4v) is 5.62. The van der Waals surface area contributed by atoms with Gasteiger partial charge in [0.25, 0.3) is 5.91 Å². The Balaban J connectivity index is 1.20. The maximum absolute atomic E-state index is 13.6. The third kappa shape index (κ3) is 4.62. The van der Waals surface area contributed by atoms with E-state index in [0.29, 0.717) is 70.7 Å². The van der Waals surface area contributed by atoms with Gasteiger partial charge in [-0.1, -0.05) is 42.5 Å². The molecule has 3 aromatic rings. The van der Waals surface area contributed by atoms with E-state index < -0.39 is 12.1 Å². The van der Waals surface area contributed by atoms with Crippen LogP contribution in [0.15, 0.2) is 76.5 Å². The molecule has 192 valence electrons. The largest absolute Gasteiger partial charge is 0.379 e. The number of hydrogen-bond acceptors (Lipinski definition) is 8. The number of urea groups is 1. The van der Waals surface area contributed by atoms with Gasteiger partial charge in [0.05, 0.1) is 39.8 Å². The molecule has 3 N–H and O–H groups in total. The molecule has 10 nitrogen and oxygen atoms in total. The lowest BCUT2D eigenvalue weighted by Crippen LogP contribution is -2.49.